The molecule has 0 saturated carbocycles. The Labute approximate surface area is 230 Å². The normalized spacial score (nSPS) is 18.0. The fourth-order valence-corrected chi connectivity index (χ4v) is 5.35. The smallest absolute Gasteiger partial charge is 0.355 e. The van der Waals surface area contributed by atoms with Crippen LogP contribution < -0.4 is 10.9 Å². The molecule has 0 radical (unpaired) electrons. The number of pyridine rings is 2. The Morgan fingerprint density at radius 1 is 1.15 bits per heavy atom. The van der Waals surface area contributed by atoms with Crippen LogP contribution in [-0.4, -0.2) is 39.2 Å². The second-order valence-corrected chi connectivity index (χ2v) is 10.7. The van der Waals surface area contributed by atoms with E-state index in [4.69, 9.17) is 14.5 Å². The molecule has 10 heteroatoms. The molecule has 10 nitrogen and oxygen atoms in total. The Morgan fingerprint density at radius 2 is 1.90 bits per heavy atom. The second-order valence-electron chi connectivity index (χ2n) is 10.7. The zero-order valence-electron chi connectivity index (χ0n) is 22.9. The first kappa shape index (κ1) is 27.2. The third-order valence-electron chi connectivity index (χ3n) is 7.60. The van der Waals surface area contributed by atoms with E-state index < -0.39 is 29.5 Å². The summed E-state index contributed by atoms with van der Waals surface area (Å²) in [5.41, 5.74) is 1.10. The van der Waals surface area contributed by atoms with Crippen LogP contribution in [0.1, 0.15) is 63.6 Å². The third kappa shape index (κ3) is 4.57. The van der Waals surface area contributed by atoms with Crippen LogP contribution in [-0.2, 0) is 47.4 Å². The van der Waals surface area contributed by atoms with Gasteiger partial charge in [-0.2, -0.15) is 0 Å². The minimum Gasteiger partial charge on any atom is -0.457 e. The molecular formula is C30H31N3O7. The number of hydrogen-bond acceptors (Lipinski definition) is 8. The van der Waals surface area contributed by atoms with E-state index in [2.05, 4.69) is 5.32 Å². The summed E-state index contributed by atoms with van der Waals surface area (Å²) in [6.45, 7) is 6.60. The number of benzene rings is 1. The van der Waals surface area contributed by atoms with Crippen LogP contribution >= 0.6 is 0 Å². The Morgan fingerprint density at radius 3 is 2.60 bits per heavy atom. The molecule has 3 aromatic rings. The number of para-hydroxylation sites is 1. The maximum Gasteiger partial charge on any atom is 0.355 e. The molecule has 0 unspecified atom stereocenters. The summed E-state index contributed by atoms with van der Waals surface area (Å²) < 4.78 is 12.9. The van der Waals surface area contributed by atoms with Gasteiger partial charge >= 0.3 is 11.9 Å². The largest absolute Gasteiger partial charge is 0.457 e. The summed E-state index contributed by atoms with van der Waals surface area (Å²) in [6, 6.07) is 10.3. The summed E-state index contributed by atoms with van der Waals surface area (Å²) in [5, 5.41) is 3.58. The fraction of sp³-hybridized carbons (Fsp3) is 0.400. The monoisotopic (exact) mass is 545 g/mol. The molecule has 1 amide bonds. The minimum absolute atomic E-state index is 0.00850. The van der Waals surface area contributed by atoms with Crippen LogP contribution in [0.3, 0.4) is 0 Å². The van der Waals surface area contributed by atoms with E-state index in [0.717, 1.165) is 16.5 Å². The van der Waals surface area contributed by atoms with E-state index in [0.29, 0.717) is 17.9 Å². The van der Waals surface area contributed by atoms with Gasteiger partial charge in [0.15, 0.2) is 0 Å². The zero-order chi connectivity index (χ0) is 28.8. The molecule has 0 fully saturated rings. The number of nitrogens with zero attached hydrogens (tertiary/aromatic N) is 2. The van der Waals surface area contributed by atoms with Gasteiger partial charge in [-0.1, -0.05) is 39.0 Å². The molecule has 0 bridgehead atoms. The molecule has 1 N–H and O–H groups in total. The molecule has 0 saturated heterocycles. The van der Waals surface area contributed by atoms with Crippen molar-refractivity contribution in [1.29, 1.82) is 0 Å². The zero-order valence-corrected chi connectivity index (χ0v) is 22.9. The second kappa shape index (κ2) is 10.3. The number of hydrogen-bond donors (Lipinski definition) is 1. The van der Waals surface area contributed by atoms with Crippen LogP contribution in [0, 0.1) is 5.92 Å². The van der Waals surface area contributed by atoms with Crippen molar-refractivity contribution >= 4 is 34.5 Å². The van der Waals surface area contributed by atoms with Crippen molar-refractivity contribution < 1.29 is 28.7 Å². The lowest BCUT2D eigenvalue weighted by molar-refractivity contribution is -0.191. The van der Waals surface area contributed by atoms with Crippen LogP contribution in [0.4, 0.5) is 0 Å². The Kier molecular flexibility index (Phi) is 7.03. The molecule has 2 aliphatic heterocycles. The third-order valence-corrected chi connectivity index (χ3v) is 7.60. The van der Waals surface area contributed by atoms with Crippen LogP contribution in [0.2, 0.25) is 0 Å². The lowest BCUT2D eigenvalue weighted by Gasteiger charge is -2.37. The van der Waals surface area contributed by atoms with E-state index in [-0.39, 0.29) is 54.3 Å². The quantitative estimate of drug-likeness (QED) is 0.334. The number of cyclic esters (lactones) is 1. The predicted octanol–water partition coefficient (Wildman–Crippen LogP) is 3.14. The fourth-order valence-electron chi connectivity index (χ4n) is 5.35. The van der Waals surface area contributed by atoms with Gasteiger partial charge in [-0.25, -0.2) is 14.6 Å². The van der Waals surface area contributed by atoms with Gasteiger partial charge in [0.1, 0.15) is 18.4 Å². The number of carbonyl (C=O) groups excluding carboxylic acids is 4. The Bertz CT molecular complexity index is 1620. The number of esters is 2. The molecule has 208 valence electrons. The topological polar surface area (TPSA) is 134 Å². The van der Waals surface area contributed by atoms with Gasteiger partial charge in [-0.15, -0.1) is 0 Å². The molecule has 2 aromatic heterocycles. The lowest BCUT2D eigenvalue weighted by Crippen LogP contribution is -2.52. The predicted molar refractivity (Wildman–Crippen MR) is 145 cm³/mol. The number of ketones is 1. The van der Waals surface area contributed by atoms with Gasteiger partial charge in [0.2, 0.25) is 11.5 Å². The van der Waals surface area contributed by atoms with Gasteiger partial charge in [0, 0.05) is 29.4 Å². The lowest BCUT2D eigenvalue weighted by atomic mass is 9.85. The highest BCUT2D eigenvalue weighted by atomic mass is 16.6. The molecule has 2 aliphatic rings. The summed E-state index contributed by atoms with van der Waals surface area (Å²) in [6.07, 6.45) is -0.0155. The molecule has 1 aromatic carbocycles. The van der Waals surface area contributed by atoms with Crippen molar-refractivity contribution in [2.45, 2.75) is 71.8 Å². The first-order chi connectivity index (χ1) is 19.1. The number of carbonyl (C=O) groups is 4. The number of aromatic nitrogens is 2. The SMILES string of the molecule is CC[C@@]1(OC(=O)[C@H](NC(=O)CCC(C)=O)C(C)C)C(=O)OCc2c1cc1n(c2=O)Cc2cc3ccccc3nc2-1. The highest BCUT2D eigenvalue weighted by molar-refractivity contribution is 5.91. The number of amides is 1. The maximum atomic E-state index is 13.7. The van der Waals surface area contributed by atoms with Crippen molar-refractivity contribution in [3.63, 3.8) is 0 Å². The minimum atomic E-state index is -1.88. The molecule has 5 rings (SSSR count). The number of rotatable bonds is 8. The molecule has 0 aliphatic carbocycles. The van der Waals surface area contributed by atoms with Crippen molar-refractivity contribution in [3.05, 3.63) is 63.4 Å². The van der Waals surface area contributed by atoms with Gasteiger partial charge in [0.25, 0.3) is 5.56 Å². The number of ether oxygens (including phenoxy) is 2. The van der Waals surface area contributed by atoms with Crippen molar-refractivity contribution in [1.82, 2.24) is 14.9 Å². The maximum absolute atomic E-state index is 13.7. The van der Waals surface area contributed by atoms with Gasteiger partial charge in [-0.3, -0.25) is 9.59 Å². The number of fused-ring (bicyclic) bond motifs is 5. The van der Waals surface area contributed by atoms with E-state index in [1.807, 2.05) is 30.3 Å². The molecular weight excluding hydrogens is 514 g/mol. The molecule has 4 heterocycles. The first-order valence-electron chi connectivity index (χ1n) is 13.4. The van der Waals surface area contributed by atoms with E-state index >= 15 is 0 Å². The Hall–Kier alpha value is -4.34. The highest BCUT2D eigenvalue weighted by Crippen LogP contribution is 2.41. The molecule has 2 atom stereocenters. The van der Waals surface area contributed by atoms with Gasteiger partial charge in [0.05, 0.1) is 29.0 Å². The molecule has 40 heavy (non-hydrogen) atoms. The number of Topliss-reactive ketones (excluding diaryl/α,β-unsaturated/α-hetero) is 1. The summed E-state index contributed by atoms with van der Waals surface area (Å²) in [5.74, 6) is -2.61. The van der Waals surface area contributed by atoms with Crippen molar-refractivity contribution in [2.75, 3.05) is 0 Å². The summed E-state index contributed by atoms with van der Waals surface area (Å²) in [4.78, 5) is 69.1. The Balaban J connectivity index is 1.55. The standard InChI is InChI=1S/C30H31N3O7/c1-5-30(40-28(37)25(16(2)3)32-24(35)11-10-17(4)34)21-13-23-26-19(12-18-8-6-7-9-22(18)31-26)14-33(23)27(36)20(21)15-39-29(30)38/h6-9,12-13,16,25H,5,10-11,14-15H2,1-4H3,(H,32,35)/t25-,30+/m1/s1. The van der Waals surface area contributed by atoms with Crippen molar-refractivity contribution in [3.8, 4) is 11.4 Å². The average molecular weight is 546 g/mol. The summed E-state index contributed by atoms with van der Waals surface area (Å²) >= 11 is 0. The van der Waals surface area contributed by atoms with Crippen LogP contribution in [0.25, 0.3) is 22.3 Å². The first-order valence-corrected chi connectivity index (χ1v) is 13.4. The summed E-state index contributed by atoms with van der Waals surface area (Å²) in [7, 11) is 0. The van der Waals surface area contributed by atoms with Crippen LogP contribution in [0.15, 0.2) is 41.2 Å². The molecule has 0 spiro atoms. The van der Waals surface area contributed by atoms with E-state index in [1.165, 1.54) is 6.92 Å². The number of nitrogens with one attached hydrogen (secondary N) is 1. The van der Waals surface area contributed by atoms with Gasteiger partial charge < -0.3 is 24.2 Å². The van der Waals surface area contributed by atoms with Crippen molar-refractivity contribution in [2.24, 2.45) is 5.92 Å². The van der Waals surface area contributed by atoms with E-state index in [1.54, 1.807) is 31.4 Å². The average Bonchev–Trinajstić information content (AvgIpc) is 3.28. The highest BCUT2D eigenvalue weighted by Gasteiger charge is 2.51. The van der Waals surface area contributed by atoms with Gasteiger partial charge in [-0.05, 0) is 37.5 Å². The van der Waals surface area contributed by atoms with Crippen LogP contribution in [0.5, 0.6) is 0 Å². The van der Waals surface area contributed by atoms with E-state index in [9.17, 15) is 24.0 Å².